The van der Waals surface area contributed by atoms with E-state index in [1.165, 1.54) is 22.3 Å². The molecule has 2 fully saturated rings. The molecule has 0 saturated heterocycles. The normalized spacial score (nSPS) is 21.9. The number of alkyl carbamates (subject to hydrolysis) is 1. The van der Waals surface area contributed by atoms with Gasteiger partial charge in [0, 0.05) is 18.4 Å². The zero-order valence-corrected chi connectivity index (χ0v) is 19.8. The molecular weight excluding hydrogens is 444 g/mol. The van der Waals surface area contributed by atoms with Crippen molar-refractivity contribution in [2.75, 3.05) is 13.2 Å². The van der Waals surface area contributed by atoms with Gasteiger partial charge in [-0.2, -0.15) is 0 Å². The molecule has 0 aromatic heterocycles. The highest BCUT2D eigenvalue weighted by molar-refractivity contribution is 5.82. The molecule has 2 amide bonds. The van der Waals surface area contributed by atoms with Crippen LogP contribution in [0.2, 0.25) is 0 Å². The Hall–Kier alpha value is -3.35. The molecule has 7 heteroatoms. The summed E-state index contributed by atoms with van der Waals surface area (Å²) in [6, 6.07) is 16.4. The van der Waals surface area contributed by atoms with E-state index in [2.05, 4.69) is 34.9 Å². The van der Waals surface area contributed by atoms with Crippen LogP contribution in [0.5, 0.6) is 0 Å². The third-order valence-electron chi connectivity index (χ3n) is 7.83. The first-order valence-electron chi connectivity index (χ1n) is 12.6. The molecule has 0 bridgehead atoms. The molecule has 2 aromatic carbocycles. The number of carboxylic acids is 1. The van der Waals surface area contributed by atoms with Crippen LogP contribution in [0.4, 0.5) is 4.79 Å². The number of aliphatic carboxylic acids is 1. The van der Waals surface area contributed by atoms with Crippen molar-refractivity contribution in [2.45, 2.75) is 56.4 Å². The van der Waals surface area contributed by atoms with E-state index in [0.717, 1.165) is 25.7 Å². The van der Waals surface area contributed by atoms with Crippen LogP contribution >= 0.6 is 0 Å². The maximum absolute atomic E-state index is 13.0. The van der Waals surface area contributed by atoms with Crippen LogP contribution in [-0.4, -0.2) is 41.8 Å². The van der Waals surface area contributed by atoms with Crippen molar-refractivity contribution >= 4 is 18.0 Å². The maximum atomic E-state index is 13.0. The highest BCUT2D eigenvalue weighted by Gasteiger charge is 2.47. The van der Waals surface area contributed by atoms with Gasteiger partial charge < -0.3 is 20.5 Å². The summed E-state index contributed by atoms with van der Waals surface area (Å²) in [5.41, 5.74) is 4.13. The topological polar surface area (TPSA) is 105 Å². The van der Waals surface area contributed by atoms with Gasteiger partial charge in [-0.1, -0.05) is 61.4 Å². The van der Waals surface area contributed by atoms with Gasteiger partial charge in [0.25, 0.3) is 0 Å². The van der Waals surface area contributed by atoms with Crippen molar-refractivity contribution in [3.63, 3.8) is 0 Å². The quantitative estimate of drug-likeness (QED) is 0.522. The maximum Gasteiger partial charge on any atom is 0.407 e. The van der Waals surface area contributed by atoms with Crippen molar-refractivity contribution in [3.8, 4) is 11.1 Å². The molecule has 0 heterocycles. The van der Waals surface area contributed by atoms with Crippen molar-refractivity contribution < 1.29 is 24.2 Å². The largest absolute Gasteiger partial charge is 0.481 e. The molecule has 7 nitrogen and oxygen atoms in total. The zero-order chi connectivity index (χ0) is 24.4. The summed E-state index contributed by atoms with van der Waals surface area (Å²) < 4.78 is 5.64. The van der Waals surface area contributed by atoms with E-state index < -0.39 is 17.6 Å². The Morgan fingerprint density at radius 3 is 2.20 bits per heavy atom. The molecule has 35 heavy (non-hydrogen) atoms. The Morgan fingerprint density at radius 1 is 0.943 bits per heavy atom. The van der Waals surface area contributed by atoms with Crippen LogP contribution in [0.15, 0.2) is 48.5 Å². The van der Waals surface area contributed by atoms with Crippen molar-refractivity contribution in [2.24, 2.45) is 11.8 Å². The number of carbonyl (C=O) groups is 3. The molecule has 0 spiro atoms. The molecule has 3 aliphatic rings. The van der Waals surface area contributed by atoms with Crippen LogP contribution in [-0.2, 0) is 14.3 Å². The highest BCUT2D eigenvalue weighted by Crippen LogP contribution is 2.44. The van der Waals surface area contributed by atoms with E-state index >= 15 is 0 Å². The minimum absolute atomic E-state index is 0.00493. The predicted molar refractivity (Wildman–Crippen MR) is 131 cm³/mol. The van der Waals surface area contributed by atoms with E-state index in [9.17, 15) is 14.4 Å². The third kappa shape index (κ3) is 5.04. The monoisotopic (exact) mass is 476 g/mol. The Kier molecular flexibility index (Phi) is 6.50. The number of hydrogen-bond acceptors (Lipinski definition) is 4. The van der Waals surface area contributed by atoms with Crippen LogP contribution in [0.1, 0.15) is 62.0 Å². The van der Waals surface area contributed by atoms with E-state index in [-0.39, 0.29) is 36.7 Å². The fourth-order valence-corrected chi connectivity index (χ4v) is 5.80. The van der Waals surface area contributed by atoms with Crippen LogP contribution in [0, 0.1) is 11.8 Å². The van der Waals surface area contributed by atoms with Gasteiger partial charge in [0.15, 0.2) is 0 Å². The fraction of sp³-hybridized carbons (Fsp3) is 0.464. The molecule has 5 rings (SSSR count). The molecule has 0 aliphatic heterocycles. The Bertz CT molecular complexity index is 1080. The van der Waals surface area contributed by atoms with Gasteiger partial charge >= 0.3 is 12.1 Å². The number of carbonyl (C=O) groups excluding carboxylic acids is 2. The minimum atomic E-state index is -0.889. The van der Waals surface area contributed by atoms with Gasteiger partial charge in [0.05, 0.1) is 12.0 Å². The van der Waals surface area contributed by atoms with Gasteiger partial charge in [-0.05, 0) is 53.9 Å². The van der Waals surface area contributed by atoms with Crippen LogP contribution in [0.25, 0.3) is 11.1 Å². The molecule has 0 radical (unpaired) electrons. The Balaban J connectivity index is 1.16. The first-order chi connectivity index (χ1) is 17.0. The lowest BCUT2D eigenvalue weighted by atomic mass is 9.78. The van der Waals surface area contributed by atoms with Crippen molar-refractivity contribution in [3.05, 3.63) is 59.7 Å². The summed E-state index contributed by atoms with van der Waals surface area (Å²) in [4.78, 5) is 36.7. The number of benzene rings is 2. The number of nitrogens with one attached hydrogen (secondary N) is 2. The number of rotatable bonds is 8. The summed E-state index contributed by atoms with van der Waals surface area (Å²) >= 11 is 0. The van der Waals surface area contributed by atoms with E-state index in [0.29, 0.717) is 19.4 Å². The van der Waals surface area contributed by atoms with Gasteiger partial charge in [0.2, 0.25) is 5.91 Å². The smallest absolute Gasteiger partial charge is 0.407 e. The minimum Gasteiger partial charge on any atom is -0.481 e. The third-order valence-corrected chi connectivity index (χ3v) is 7.83. The predicted octanol–water partition coefficient (Wildman–Crippen LogP) is 4.46. The van der Waals surface area contributed by atoms with Gasteiger partial charge in [-0.3, -0.25) is 9.59 Å². The highest BCUT2D eigenvalue weighted by atomic mass is 16.5. The van der Waals surface area contributed by atoms with E-state index in [1.54, 1.807) is 0 Å². The second-order valence-electron chi connectivity index (χ2n) is 10.2. The number of amides is 2. The standard InChI is InChI=1S/C28H32N2O5/c31-25(32)15-28(13-14-28)30-26(33)19-8-2-1-7-18(19)16-29-27(34)35-17-24-22-11-5-3-9-20(22)21-10-4-6-12-23(21)24/h3-6,9-12,18-19,24H,1-2,7-8,13-17H2,(H,29,34)(H,30,33)(H,31,32). The molecular formula is C28H32N2O5. The second kappa shape index (κ2) is 9.72. The summed E-state index contributed by atoms with van der Waals surface area (Å²) in [7, 11) is 0. The van der Waals surface area contributed by atoms with Crippen LogP contribution in [0.3, 0.4) is 0 Å². The summed E-state index contributed by atoms with van der Waals surface area (Å²) in [5.74, 6) is -1.17. The Labute approximate surface area is 205 Å². The average Bonchev–Trinajstić information content (AvgIpc) is 3.52. The molecule has 3 aliphatic carbocycles. The van der Waals surface area contributed by atoms with Crippen LogP contribution < -0.4 is 10.6 Å². The zero-order valence-electron chi connectivity index (χ0n) is 19.8. The first kappa shape index (κ1) is 23.4. The Morgan fingerprint density at radius 2 is 1.57 bits per heavy atom. The SMILES string of the molecule is O=C(O)CC1(NC(=O)C2CCCCC2CNC(=O)OCC2c3ccccc3-c3ccccc32)CC1. The molecule has 2 aromatic rings. The number of ether oxygens (including phenoxy) is 1. The molecule has 184 valence electrons. The lowest BCUT2D eigenvalue weighted by Gasteiger charge is -2.32. The number of hydrogen-bond donors (Lipinski definition) is 3. The van der Waals surface area contributed by atoms with Gasteiger partial charge in [-0.25, -0.2) is 4.79 Å². The average molecular weight is 477 g/mol. The molecule has 2 atom stereocenters. The van der Waals surface area contributed by atoms with Crippen molar-refractivity contribution in [1.29, 1.82) is 0 Å². The number of fused-ring (bicyclic) bond motifs is 3. The van der Waals surface area contributed by atoms with Crippen molar-refractivity contribution in [1.82, 2.24) is 10.6 Å². The first-order valence-corrected chi connectivity index (χ1v) is 12.6. The van der Waals surface area contributed by atoms with Gasteiger partial charge in [0.1, 0.15) is 6.61 Å². The number of carboxylic acid groups (broad SMARTS) is 1. The van der Waals surface area contributed by atoms with E-state index in [4.69, 9.17) is 9.84 Å². The lowest BCUT2D eigenvalue weighted by molar-refractivity contribution is -0.138. The molecule has 3 N–H and O–H groups in total. The lowest BCUT2D eigenvalue weighted by Crippen LogP contribution is -2.46. The fourth-order valence-electron chi connectivity index (χ4n) is 5.80. The summed E-state index contributed by atoms with van der Waals surface area (Å²) in [5, 5.41) is 15.0. The molecule has 2 unspecified atom stereocenters. The second-order valence-corrected chi connectivity index (χ2v) is 10.2. The molecule has 2 saturated carbocycles. The van der Waals surface area contributed by atoms with E-state index in [1.807, 2.05) is 24.3 Å². The van der Waals surface area contributed by atoms with Gasteiger partial charge in [-0.15, -0.1) is 0 Å². The summed E-state index contributed by atoms with van der Waals surface area (Å²) in [6.07, 6.45) is 4.50. The summed E-state index contributed by atoms with van der Waals surface area (Å²) in [6.45, 7) is 0.632.